The molecule has 0 heterocycles. The van der Waals surface area contributed by atoms with Crippen molar-refractivity contribution in [2.24, 2.45) is 0 Å². The van der Waals surface area contributed by atoms with Crippen molar-refractivity contribution in [3.8, 4) is 0 Å². The third-order valence-corrected chi connectivity index (χ3v) is 3.89. The summed E-state index contributed by atoms with van der Waals surface area (Å²) in [7, 11) is 0.159. The largest absolute Gasteiger partial charge is 0.480 e. The lowest BCUT2D eigenvalue weighted by Gasteiger charge is -2.11. The van der Waals surface area contributed by atoms with Crippen molar-refractivity contribution in [2.75, 3.05) is 27.2 Å². The molecule has 16 heavy (non-hydrogen) atoms. The first-order chi connectivity index (χ1) is 7.27. The normalized spacial score (nSPS) is 14.0. The van der Waals surface area contributed by atoms with Gasteiger partial charge in [0.2, 0.25) is 10.0 Å². The highest BCUT2D eigenvalue weighted by Crippen LogP contribution is 1.99. The summed E-state index contributed by atoms with van der Waals surface area (Å²) >= 11 is 0. The number of carbonyl (C=O) groups is 1. The van der Waals surface area contributed by atoms with E-state index in [4.69, 9.17) is 5.11 Å². The molecular formula is C9H20N2O4S. The molecule has 6 nitrogen and oxygen atoms in total. The number of hydrogen-bond donors (Lipinski definition) is 2. The van der Waals surface area contributed by atoms with E-state index in [1.165, 1.54) is 0 Å². The zero-order chi connectivity index (χ0) is 12.8. The Hall–Kier alpha value is -0.660. The zero-order valence-corrected chi connectivity index (χ0v) is 10.7. The Bertz CT molecular complexity index is 313. The molecule has 0 saturated heterocycles. The molecule has 96 valence electrons. The number of aliphatic carboxylic acids is 1. The van der Waals surface area contributed by atoms with Crippen LogP contribution in [0.2, 0.25) is 0 Å². The fourth-order valence-electron chi connectivity index (χ4n) is 1.03. The van der Waals surface area contributed by atoms with Gasteiger partial charge in [-0.05, 0) is 40.4 Å². The van der Waals surface area contributed by atoms with E-state index < -0.39 is 21.2 Å². The summed E-state index contributed by atoms with van der Waals surface area (Å²) in [5.41, 5.74) is 0. The van der Waals surface area contributed by atoms with Crippen LogP contribution < -0.4 is 4.72 Å². The molecule has 1 unspecified atom stereocenters. The van der Waals surface area contributed by atoms with E-state index in [0.29, 0.717) is 6.42 Å². The maximum atomic E-state index is 11.4. The van der Waals surface area contributed by atoms with Crippen molar-refractivity contribution in [2.45, 2.75) is 25.0 Å². The molecule has 0 saturated carbocycles. The predicted molar refractivity (Wildman–Crippen MR) is 61.8 cm³/mol. The molecule has 0 aromatic carbocycles. The van der Waals surface area contributed by atoms with Gasteiger partial charge in [-0.1, -0.05) is 0 Å². The van der Waals surface area contributed by atoms with E-state index in [1.54, 1.807) is 0 Å². The van der Waals surface area contributed by atoms with Gasteiger partial charge in [-0.2, -0.15) is 0 Å². The van der Waals surface area contributed by atoms with Gasteiger partial charge in [0, 0.05) is 6.54 Å². The SMILES string of the molecule is CC(C(=O)O)S(=O)(=O)NCCCCN(C)C. The fourth-order valence-corrected chi connectivity index (χ4v) is 1.97. The highest BCUT2D eigenvalue weighted by atomic mass is 32.2. The molecular weight excluding hydrogens is 232 g/mol. The first-order valence-corrected chi connectivity index (χ1v) is 6.68. The van der Waals surface area contributed by atoms with Crippen LogP contribution in [0, 0.1) is 0 Å². The third-order valence-electron chi connectivity index (χ3n) is 2.15. The Labute approximate surface area is 96.7 Å². The van der Waals surface area contributed by atoms with Crippen LogP contribution in [0.1, 0.15) is 19.8 Å². The molecule has 7 heteroatoms. The zero-order valence-electron chi connectivity index (χ0n) is 9.93. The van der Waals surface area contributed by atoms with Crippen LogP contribution in [-0.2, 0) is 14.8 Å². The first-order valence-electron chi connectivity index (χ1n) is 5.13. The van der Waals surface area contributed by atoms with Gasteiger partial charge in [-0.3, -0.25) is 4.79 Å². The standard InChI is InChI=1S/C9H20N2O4S/c1-8(9(12)13)16(14,15)10-6-4-5-7-11(2)3/h8,10H,4-7H2,1-3H3,(H,12,13). The first kappa shape index (κ1) is 15.3. The summed E-state index contributed by atoms with van der Waals surface area (Å²) < 4.78 is 25.0. The van der Waals surface area contributed by atoms with Crippen molar-refractivity contribution in [1.29, 1.82) is 0 Å². The molecule has 0 aliphatic carbocycles. The van der Waals surface area contributed by atoms with Crippen molar-refractivity contribution >= 4 is 16.0 Å². The molecule has 0 spiro atoms. The van der Waals surface area contributed by atoms with Gasteiger partial charge in [0.05, 0.1) is 0 Å². The van der Waals surface area contributed by atoms with Crippen molar-refractivity contribution in [3.05, 3.63) is 0 Å². The van der Waals surface area contributed by atoms with Crippen LogP contribution in [0.15, 0.2) is 0 Å². The molecule has 0 aromatic rings. The smallest absolute Gasteiger partial charge is 0.323 e. The number of hydrogen-bond acceptors (Lipinski definition) is 4. The van der Waals surface area contributed by atoms with E-state index in [1.807, 2.05) is 19.0 Å². The maximum absolute atomic E-state index is 11.4. The Kier molecular flexibility index (Phi) is 6.54. The van der Waals surface area contributed by atoms with Gasteiger partial charge >= 0.3 is 5.97 Å². The van der Waals surface area contributed by atoms with Crippen LogP contribution >= 0.6 is 0 Å². The van der Waals surface area contributed by atoms with Gasteiger partial charge in [-0.15, -0.1) is 0 Å². The highest BCUT2D eigenvalue weighted by Gasteiger charge is 2.26. The summed E-state index contributed by atoms with van der Waals surface area (Å²) in [4.78, 5) is 12.5. The number of carboxylic acids is 1. The summed E-state index contributed by atoms with van der Waals surface area (Å²) in [6.45, 7) is 2.33. The van der Waals surface area contributed by atoms with Gasteiger partial charge in [0.15, 0.2) is 5.25 Å². The monoisotopic (exact) mass is 252 g/mol. The van der Waals surface area contributed by atoms with Crippen molar-refractivity contribution in [1.82, 2.24) is 9.62 Å². The molecule has 0 amide bonds. The Morgan fingerprint density at radius 2 is 1.94 bits per heavy atom. The summed E-state index contributed by atoms with van der Waals surface area (Å²) in [5.74, 6) is -1.33. The second kappa shape index (κ2) is 6.82. The summed E-state index contributed by atoms with van der Waals surface area (Å²) in [6, 6.07) is 0. The number of sulfonamides is 1. The van der Waals surface area contributed by atoms with E-state index in [-0.39, 0.29) is 6.54 Å². The summed E-state index contributed by atoms with van der Waals surface area (Å²) in [6.07, 6.45) is 1.57. The third kappa shape index (κ3) is 6.04. The fraction of sp³-hybridized carbons (Fsp3) is 0.889. The Morgan fingerprint density at radius 1 is 1.38 bits per heavy atom. The minimum Gasteiger partial charge on any atom is -0.480 e. The minimum atomic E-state index is -3.72. The molecule has 0 rings (SSSR count). The van der Waals surface area contributed by atoms with Crippen LogP contribution in [0.25, 0.3) is 0 Å². The average Bonchev–Trinajstić information content (AvgIpc) is 2.15. The summed E-state index contributed by atoms with van der Waals surface area (Å²) in [5, 5.41) is 7.17. The van der Waals surface area contributed by atoms with Gasteiger partial charge in [0.1, 0.15) is 0 Å². The molecule has 0 bridgehead atoms. The quantitative estimate of drug-likeness (QED) is 0.580. The number of nitrogens with one attached hydrogen (secondary N) is 1. The van der Waals surface area contributed by atoms with E-state index >= 15 is 0 Å². The minimum absolute atomic E-state index is 0.286. The Morgan fingerprint density at radius 3 is 2.38 bits per heavy atom. The van der Waals surface area contributed by atoms with E-state index in [0.717, 1.165) is 19.9 Å². The molecule has 1 atom stereocenters. The van der Waals surface area contributed by atoms with Gasteiger partial charge in [0.25, 0.3) is 0 Å². The molecule has 0 aliphatic heterocycles. The predicted octanol–water partition coefficient (Wildman–Crippen LogP) is -0.279. The van der Waals surface area contributed by atoms with E-state index in [2.05, 4.69) is 4.72 Å². The molecule has 0 radical (unpaired) electrons. The van der Waals surface area contributed by atoms with E-state index in [9.17, 15) is 13.2 Å². The number of nitrogens with zero attached hydrogens (tertiary/aromatic N) is 1. The van der Waals surface area contributed by atoms with Crippen LogP contribution in [0.3, 0.4) is 0 Å². The maximum Gasteiger partial charge on any atom is 0.323 e. The lowest BCUT2D eigenvalue weighted by Crippen LogP contribution is -2.38. The van der Waals surface area contributed by atoms with Crippen molar-refractivity contribution in [3.63, 3.8) is 0 Å². The van der Waals surface area contributed by atoms with Crippen molar-refractivity contribution < 1.29 is 18.3 Å². The lowest BCUT2D eigenvalue weighted by molar-refractivity contribution is -0.136. The number of carboxylic acid groups (broad SMARTS) is 1. The Balaban J connectivity index is 3.88. The topological polar surface area (TPSA) is 86.7 Å². The van der Waals surface area contributed by atoms with Crippen LogP contribution in [0.4, 0.5) is 0 Å². The second-order valence-electron chi connectivity index (χ2n) is 3.93. The highest BCUT2D eigenvalue weighted by molar-refractivity contribution is 7.90. The molecule has 0 fully saturated rings. The second-order valence-corrected chi connectivity index (χ2v) is 6.02. The van der Waals surface area contributed by atoms with Crippen LogP contribution in [0.5, 0.6) is 0 Å². The average molecular weight is 252 g/mol. The number of rotatable bonds is 8. The lowest BCUT2D eigenvalue weighted by atomic mass is 10.3. The number of unbranched alkanes of at least 4 members (excludes halogenated alkanes) is 1. The van der Waals surface area contributed by atoms with Gasteiger partial charge < -0.3 is 10.0 Å². The molecule has 2 N–H and O–H groups in total. The molecule has 0 aromatic heterocycles. The molecule has 0 aliphatic rings. The van der Waals surface area contributed by atoms with Crippen LogP contribution in [-0.4, -0.2) is 56.8 Å². The van der Waals surface area contributed by atoms with Gasteiger partial charge in [-0.25, -0.2) is 13.1 Å².